The minimum absolute atomic E-state index is 0.0444. The maximum absolute atomic E-state index is 13.2. The van der Waals surface area contributed by atoms with Crippen LogP contribution in [0.15, 0.2) is 91.3 Å². The van der Waals surface area contributed by atoms with Crippen molar-refractivity contribution in [1.82, 2.24) is 4.98 Å². The van der Waals surface area contributed by atoms with Gasteiger partial charge in [-0.15, -0.1) is 0 Å². The van der Waals surface area contributed by atoms with Crippen molar-refractivity contribution in [2.75, 3.05) is 10.6 Å². The van der Waals surface area contributed by atoms with E-state index in [1.165, 1.54) is 12.3 Å². The van der Waals surface area contributed by atoms with E-state index in [4.69, 9.17) is 4.74 Å². The van der Waals surface area contributed by atoms with Crippen LogP contribution in [0.1, 0.15) is 48.4 Å². The molecule has 0 spiro atoms. The molecule has 8 heteroatoms. The number of rotatable bonds is 8. The Labute approximate surface area is 233 Å². The molecule has 0 radical (unpaired) electrons. The standard InChI is InChI=1S/C32H31N3O5/c1-20(31(39)40-32(2,3)4)34-26-12-8-11-22(16-26)23-13-14-27(30(37)38)28(17-23)35-29(36)25-15-24(18-33-19-25)21-9-6-5-7-10-21/h5-20,34H,1-4H3,(H,35,36)(H,37,38). The highest BCUT2D eigenvalue weighted by atomic mass is 16.6. The lowest BCUT2D eigenvalue weighted by Crippen LogP contribution is -2.34. The molecule has 0 saturated carbocycles. The van der Waals surface area contributed by atoms with Crippen LogP contribution in [0.2, 0.25) is 0 Å². The Morgan fingerprint density at radius 3 is 2.23 bits per heavy atom. The molecule has 40 heavy (non-hydrogen) atoms. The lowest BCUT2D eigenvalue weighted by Gasteiger charge is -2.23. The van der Waals surface area contributed by atoms with E-state index in [2.05, 4.69) is 15.6 Å². The first kappa shape index (κ1) is 28.0. The first-order chi connectivity index (χ1) is 19.0. The molecule has 3 N–H and O–H groups in total. The molecule has 0 fully saturated rings. The summed E-state index contributed by atoms with van der Waals surface area (Å²) in [6.07, 6.45) is 3.10. The minimum atomic E-state index is -1.17. The molecule has 1 unspecified atom stereocenters. The summed E-state index contributed by atoms with van der Waals surface area (Å²) in [5.74, 6) is -2.02. The Kier molecular flexibility index (Phi) is 8.29. The van der Waals surface area contributed by atoms with Crippen LogP contribution in [-0.2, 0) is 9.53 Å². The number of carbonyl (C=O) groups excluding carboxylic acids is 2. The molecular formula is C32H31N3O5. The number of aromatic nitrogens is 1. The van der Waals surface area contributed by atoms with Gasteiger partial charge in [-0.25, -0.2) is 9.59 Å². The molecule has 1 atom stereocenters. The lowest BCUT2D eigenvalue weighted by molar-refractivity contribution is -0.155. The topological polar surface area (TPSA) is 118 Å². The third-order valence-corrected chi connectivity index (χ3v) is 5.95. The maximum Gasteiger partial charge on any atom is 0.337 e. The van der Waals surface area contributed by atoms with Gasteiger partial charge in [0.2, 0.25) is 0 Å². The first-order valence-corrected chi connectivity index (χ1v) is 12.8. The van der Waals surface area contributed by atoms with Gasteiger partial charge in [0, 0.05) is 23.6 Å². The van der Waals surface area contributed by atoms with E-state index in [0.717, 1.165) is 16.7 Å². The second-order valence-corrected chi connectivity index (χ2v) is 10.3. The monoisotopic (exact) mass is 537 g/mol. The number of ether oxygens (including phenoxy) is 1. The van der Waals surface area contributed by atoms with E-state index < -0.39 is 23.5 Å². The quantitative estimate of drug-likeness (QED) is 0.219. The van der Waals surface area contributed by atoms with Gasteiger partial charge in [-0.3, -0.25) is 9.78 Å². The highest BCUT2D eigenvalue weighted by Crippen LogP contribution is 2.29. The fourth-order valence-electron chi connectivity index (χ4n) is 4.05. The minimum Gasteiger partial charge on any atom is -0.478 e. The predicted molar refractivity (Wildman–Crippen MR) is 155 cm³/mol. The number of benzene rings is 3. The summed E-state index contributed by atoms with van der Waals surface area (Å²) < 4.78 is 5.44. The number of nitrogens with one attached hydrogen (secondary N) is 2. The zero-order valence-electron chi connectivity index (χ0n) is 22.8. The van der Waals surface area contributed by atoms with Gasteiger partial charge in [-0.1, -0.05) is 48.5 Å². The number of amides is 1. The summed E-state index contributed by atoms with van der Waals surface area (Å²) in [7, 11) is 0. The summed E-state index contributed by atoms with van der Waals surface area (Å²) in [5.41, 5.74) is 3.63. The zero-order valence-corrected chi connectivity index (χ0v) is 22.8. The van der Waals surface area contributed by atoms with E-state index >= 15 is 0 Å². The number of pyridine rings is 1. The number of anilines is 2. The molecule has 0 aliphatic rings. The number of hydrogen-bond donors (Lipinski definition) is 3. The molecule has 3 aromatic carbocycles. The molecular weight excluding hydrogens is 506 g/mol. The Hall–Kier alpha value is -4.98. The Morgan fingerprint density at radius 2 is 1.52 bits per heavy atom. The number of carbonyl (C=O) groups is 3. The van der Waals surface area contributed by atoms with Gasteiger partial charge >= 0.3 is 11.9 Å². The third kappa shape index (κ3) is 7.11. The lowest BCUT2D eigenvalue weighted by atomic mass is 10.0. The van der Waals surface area contributed by atoms with E-state index in [9.17, 15) is 19.5 Å². The predicted octanol–water partition coefficient (Wildman–Crippen LogP) is 6.51. The summed E-state index contributed by atoms with van der Waals surface area (Å²) in [4.78, 5) is 41.7. The molecule has 4 rings (SSSR count). The van der Waals surface area contributed by atoms with Crippen molar-refractivity contribution in [1.29, 1.82) is 0 Å². The first-order valence-electron chi connectivity index (χ1n) is 12.8. The van der Waals surface area contributed by atoms with Crippen LogP contribution in [0, 0.1) is 0 Å². The van der Waals surface area contributed by atoms with Crippen LogP contribution in [0.4, 0.5) is 11.4 Å². The van der Waals surface area contributed by atoms with Crippen LogP contribution in [0.25, 0.3) is 22.3 Å². The number of hydrogen-bond acceptors (Lipinski definition) is 6. The van der Waals surface area contributed by atoms with Crippen molar-refractivity contribution >= 4 is 29.2 Å². The number of aromatic carboxylic acids is 1. The van der Waals surface area contributed by atoms with Gasteiger partial charge in [0.05, 0.1) is 16.8 Å². The van der Waals surface area contributed by atoms with E-state index in [1.807, 2.05) is 75.4 Å². The van der Waals surface area contributed by atoms with Crippen molar-refractivity contribution in [3.05, 3.63) is 102 Å². The molecule has 0 saturated heterocycles. The molecule has 4 aromatic rings. The highest BCUT2D eigenvalue weighted by Gasteiger charge is 2.22. The molecule has 0 aliphatic carbocycles. The van der Waals surface area contributed by atoms with Crippen molar-refractivity contribution in [3.8, 4) is 22.3 Å². The number of nitrogens with zero attached hydrogens (tertiary/aromatic N) is 1. The number of esters is 1. The fourth-order valence-corrected chi connectivity index (χ4v) is 4.05. The summed E-state index contributed by atoms with van der Waals surface area (Å²) in [6.45, 7) is 7.15. The second-order valence-electron chi connectivity index (χ2n) is 10.3. The van der Waals surface area contributed by atoms with Gasteiger partial charge in [0.25, 0.3) is 5.91 Å². The van der Waals surface area contributed by atoms with Crippen molar-refractivity contribution < 1.29 is 24.2 Å². The third-order valence-electron chi connectivity index (χ3n) is 5.95. The van der Waals surface area contributed by atoms with Crippen molar-refractivity contribution in [2.45, 2.75) is 39.3 Å². The zero-order chi connectivity index (χ0) is 28.9. The van der Waals surface area contributed by atoms with Gasteiger partial charge in [0.15, 0.2) is 0 Å². The second kappa shape index (κ2) is 11.8. The number of carboxylic acid groups (broad SMARTS) is 1. The molecule has 204 valence electrons. The van der Waals surface area contributed by atoms with Gasteiger partial charge in [0.1, 0.15) is 11.6 Å². The smallest absolute Gasteiger partial charge is 0.337 e. The maximum atomic E-state index is 13.2. The van der Waals surface area contributed by atoms with Gasteiger partial charge in [-0.05, 0) is 74.7 Å². The Bertz CT molecular complexity index is 1540. The van der Waals surface area contributed by atoms with E-state index in [1.54, 1.807) is 31.3 Å². The fraction of sp³-hybridized carbons (Fsp3) is 0.188. The molecule has 0 aliphatic heterocycles. The SMILES string of the molecule is CC(Nc1cccc(-c2ccc(C(=O)O)c(NC(=O)c3cncc(-c4ccccc4)c3)c2)c1)C(=O)OC(C)(C)C. The molecule has 1 aromatic heterocycles. The average molecular weight is 538 g/mol. The average Bonchev–Trinajstić information content (AvgIpc) is 2.92. The largest absolute Gasteiger partial charge is 0.478 e. The van der Waals surface area contributed by atoms with Crippen molar-refractivity contribution in [2.24, 2.45) is 0 Å². The Morgan fingerprint density at radius 1 is 0.825 bits per heavy atom. The van der Waals surface area contributed by atoms with E-state index in [-0.39, 0.29) is 17.2 Å². The highest BCUT2D eigenvalue weighted by molar-refractivity contribution is 6.08. The Balaban J connectivity index is 1.58. The van der Waals surface area contributed by atoms with Crippen LogP contribution >= 0.6 is 0 Å². The van der Waals surface area contributed by atoms with Crippen LogP contribution in [0.3, 0.4) is 0 Å². The van der Waals surface area contributed by atoms with Gasteiger partial charge < -0.3 is 20.5 Å². The molecule has 0 bridgehead atoms. The normalized spacial score (nSPS) is 11.8. The van der Waals surface area contributed by atoms with Crippen LogP contribution < -0.4 is 10.6 Å². The molecule has 1 heterocycles. The number of carboxylic acids is 1. The molecule has 8 nitrogen and oxygen atoms in total. The van der Waals surface area contributed by atoms with Crippen molar-refractivity contribution in [3.63, 3.8) is 0 Å². The van der Waals surface area contributed by atoms with Crippen LogP contribution in [0.5, 0.6) is 0 Å². The van der Waals surface area contributed by atoms with Gasteiger partial charge in [-0.2, -0.15) is 0 Å². The van der Waals surface area contributed by atoms with Crippen LogP contribution in [-0.4, -0.2) is 39.6 Å². The molecule has 1 amide bonds. The summed E-state index contributed by atoms with van der Waals surface area (Å²) in [6, 6.07) is 22.8. The van der Waals surface area contributed by atoms with E-state index in [0.29, 0.717) is 16.8 Å². The summed E-state index contributed by atoms with van der Waals surface area (Å²) >= 11 is 0. The summed E-state index contributed by atoms with van der Waals surface area (Å²) in [5, 5.41) is 15.7.